The maximum atomic E-state index is 12.4. The summed E-state index contributed by atoms with van der Waals surface area (Å²) in [7, 11) is 1.53. The van der Waals surface area contributed by atoms with Gasteiger partial charge in [0.15, 0.2) is 9.67 Å². The summed E-state index contributed by atoms with van der Waals surface area (Å²) < 4.78 is 12.1. The second-order valence-electron chi connectivity index (χ2n) is 5.97. The number of thiazole rings is 1. The Labute approximate surface area is 175 Å². The first-order valence-corrected chi connectivity index (χ1v) is 9.88. The van der Waals surface area contributed by atoms with E-state index in [4.69, 9.17) is 26.8 Å². The lowest BCUT2D eigenvalue weighted by atomic mass is 10.0. The van der Waals surface area contributed by atoms with Gasteiger partial charge in [0.1, 0.15) is 5.75 Å². The lowest BCUT2D eigenvalue weighted by Gasteiger charge is -2.07. The van der Waals surface area contributed by atoms with Crippen LogP contribution in [0.25, 0.3) is 11.6 Å². The molecule has 2 aromatic rings. The summed E-state index contributed by atoms with van der Waals surface area (Å²) in [5.41, 5.74) is 1.82. The summed E-state index contributed by atoms with van der Waals surface area (Å²) >= 11 is 6.36. The molecule has 0 saturated heterocycles. The van der Waals surface area contributed by atoms with Crippen molar-refractivity contribution < 1.29 is 29.3 Å². The van der Waals surface area contributed by atoms with Crippen molar-refractivity contribution >= 4 is 58.5 Å². The molecule has 1 aromatic heterocycles. The SMILES string of the molecule is CCOC(=O)C1=Nc2ccc(OC)cc2/C1=C\c1sc(=S)n(CCC(=O)O)c1O. The first-order chi connectivity index (χ1) is 13.8. The first kappa shape index (κ1) is 20.7. The van der Waals surface area contributed by atoms with E-state index in [9.17, 15) is 14.7 Å². The fraction of sp³-hybridized carbons (Fsp3) is 0.263. The number of fused-ring (bicyclic) bond motifs is 1. The number of hydrogen-bond donors (Lipinski definition) is 2. The van der Waals surface area contributed by atoms with Gasteiger partial charge in [-0.2, -0.15) is 0 Å². The second-order valence-corrected chi connectivity index (χ2v) is 7.65. The molecule has 1 aliphatic heterocycles. The number of aromatic hydroxyl groups is 1. The number of aliphatic imine (C=N–C) groups is 1. The molecule has 0 saturated carbocycles. The molecular formula is C19H18N2O6S2. The minimum absolute atomic E-state index is 0.0445. The van der Waals surface area contributed by atoms with Crippen LogP contribution in [0.5, 0.6) is 11.6 Å². The fourth-order valence-corrected chi connectivity index (χ4v) is 4.11. The van der Waals surface area contributed by atoms with Crippen molar-refractivity contribution in [2.24, 2.45) is 4.99 Å². The van der Waals surface area contributed by atoms with E-state index in [2.05, 4.69) is 4.99 Å². The van der Waals surface area contributed by atoms with Crippen LogP contribution in [-0.4, -0.2) is 46.1 Å². The maximum Gasteiger partial charge on any atom is 0.357 e. The van der Waals surface area contributed by atoms with Gasteiger partial charge in [-0.15, -0.1) is 11.3 Å². The second kappa shape index (κ2) is 8.58. The molecule has 0 radical (unpaired) electrons. The summed E-state index contributed by atoms with van der Waals surface area (Å²) in [5.74, 6) is -1.15. The summed E-state index contributed by atoms with van der Waals surface area (Å²) in [6.45, 7) is 1.94. The van der Waals surface area contributed by atoms with E-state index in [0.717, 1.165) is 11.3 Å². The quantitative estimate of drug-likeness (QED) is 0.505. The zero-order valence-electron chi connectivity index (χ0n) is 15.7. The van der Waals surface area contributed by atoms with Crippen molar-refractivity contribution in [1.29, 1.82) is 0 Å². The number of carbonyl (C=O) groups is 2. The molecule has 0 spiro atoms. The van der Waals surface area contributed by atoms with Crippen LogP contribution in [-0.2, 0) is 20.9 Å². The van der Waals surface area contributed by atoms with Crippen LogP contribution in [0.4, 0.5) is 5.69 Å². The van der Waals surface area contributed by atoms with Crippen LogP contribution in [0.1, 0.15) is 23.8 Å². The van der Waals surface area contributed by atoms with E-state index in [1.165, 1.54) is 11.7 Å². The highest BCUT2D eigenvalue weighted by Gasteiger charge is 2.28. The van der Waals surface area contributed by atoms with Gasteiger partial charge < -0.3 is 19.7 Å². The van der Waals surface area contributed by atoms with Crippen molar-refractivity contribution in [1.82, 2.24) is 4.57 Å². The first-order valence-electron chi connectivity index (χ1n) is 8.66. The van der Waals surface area contributed by atoms with Gasteiger partial charge in [-0.3, -0.25) is 9.36 Å². The Kier molecular flexibility index (Phi) is 6.14. The molecule has 29 heavy (non-hydrogen) atoms. The van der Waals surface area contributed by atoms with Gasteiger partial charge in [-0.25, -0.2) is 9.79 Å². The van der Waals surface area contributed by atoms with Crippen LogP contribution in [0.3, 0.4) is 0 Å². The molecule has 0 atom stereocenters. The Morgan fingerprint density at radius 1 is 1.38 bits per heavy atom. The number of methoxy groups -OCH3 is 1. The lowest BCUT2D eigenvalue weighted by molar-refractivity contribution is -0.137. The largest absolute Gasteiger partial charge is 0.497 e. The van der Waals surface area contributed by atoms with Gasteiger partial charge >= 0.3 is 11.9 Å². The molecule has 0 bridgehead atoms. The van der Waals surface area contributed by atoms with Gasteiger partial charge in [0, 0.05) is 17.7 Å². The van der Waals surface area contributed by atoms with Gasteiger partial charge in [-0.1, -0.05) is 0 Å². The highest BCUT2D eigenvalue weighted by molar-refractivity contribution is 7.73. The molecule has 152 valence electrons. The van der Waals surface area contributed by atoms with E-state index in [1.54, 1.807) is 31.2 Å². The minimum atomic E-state index is -0.994. The van der Waals surface area contributed by atoms with Crippen molar-refractivity contribution in [3.8, 4) is 11.6 Å². The molecule has 0 amide bonds. The average molecular weight is 434 g/mol. The molecular weight excluding hydrogens is 416 g/mol. The molecule has 10 heteroatoms. The molecule has 2 N–H and O–H groups in total. The molecule has 0 aliphatic carbocycles. The number of hydrogen-bond acceptors (Lipinski definition) is 8. The number of nitrogens with zero attached hydrogens (tertiary/aromatic N) is 2. The third-order valence-electron chi connectivity index (χ3n) is 4.17. The maximum absolute atomic E-state index is 12.4. The molecule has 1 aromatic carbocycles. The Balaban J connectivity index is 2.09. The number of rotatable bonds is 7. The summed E-state index contributed by atoms with van der Waals surface area (Å²) in [5, 5.41) is 19.4. The van der Waals surface area contributed by atoms with Gasteiger partial charge in [-0.05, 0) is 43.4 Å². The molecule has 2 heterocycles. The van der Waals surface area contributed by atoms with E-state index >= 15 is 0 Å². The smallest absolute Gasteiger partial charge is 0.357 e. The fourth-order valence-electron chi connectivity index (χ4n) is 2.81. The topological polar surface area (TPSA) is 110 Å². The van der Waals surface area contributed by atoms with Crippen molar-refractivity contribution in [3.05, 3.63) is 32.6 Å². The van der Waals surface area contributed by atoms with E-state index < -0.39 is 11.9 Å². The number of aromatic nitrogens is 1. The zero-order chi connectivity index (χ0) is 21.1. The molecule has 1 aliphatic rings. The number of carbonyl (C=O) groups excluding carboxylic acids is 1. The molecule has 0 fully saturated rings. The van der Waals surface area contributed by atoms with Gasteiger partial charge in [0.05, 0.1) is 30.7 Å². The lowest BCUT2D eigenvalue weighted by Crippen LogP contribution is -2.16. The highest BCUT2D eigenvalue weighted by atomic mass is 32.1. The highest BCUT2D eigenvalue weighted by Crippen LogP contribution is 2.40. The molecule has 8 nitrogen and oxygen atoms in total. The van der Waals surface area contributed by atoms with E-state index in [1.807, 2.05) is 0 Å². The van der Waals surface area contributed by atoms with Crippen molar-refractivity contribution in [2.75, 3.05) is 13.7 Å². The normalized spacial score (nSPS) is 13.9. The number of carboxylic acid groups (broad SMARTS) is 1. The summed E-state index contributed by atoms with van der Waals surface area (Å²) in [6, 6.07) is 5.21. The standard InChI is InChI=1S/C19H18N2O6S2/c1-3-27-18(25)16-12(11-8-10(26-2)4-5-13(11)20-16)9-14-17(24)21(19(28)29-14)7-6-15(22)23/h4-5,8-9,24H,3,6-7H2,1-2H3,(H,22,23)/b12-9+. The van der Waals surface area contributed by atoms with Crippen molar-refractivity contribution in [3.63, 3.8) is 0 Å². The average Bonchev–Trinajstić information content (AvgIpc) is 3.17. The molecule has 3 rings (SSSR count). The number of aliphatic carboxylic acids is 1. The Hall–Kier alpha value is -2.98. The summed E-state index contributed by atoms with van der Waals surface area (Å²) in [6.07, 6.45) is 1.43. The number of carboxylic acids is 1. The third kappa shape index (κ3) is 4.22. The van der Waals surface area contributed by atoms with Crippen LogP contribution < -0.4 is 4.74 Å². The summed E-state index contributed by atoms with van der Waals surface area (Å²) in [4.78, 5) is 28.0. The predicted molar refractivity (Wildman–Crippen MR) is 112 cm³/mol. The van der Waals surface area contributed by atoms with E-state index in [0.29, 0.717) is 31.4 Å². The number of esters is 1. The number of ether oxygens (including phenoxy) is 2. The van der Waals surface area contributed by atoms with Crippen LogP contribution in [0.2, 0.25) is 0 Å². The van der Waals surface area contributed by atoms with E-state index in [-0.39, 0.29) is 31.2 Å². The van der Waals surface area contributed by atoms with Crippen LogP contribution in [0.15, 0.2) is 23.2 Å². The third-order valence-corrected chi connectivity index (χ3v) is 5.55. The van der Waals surface area contributed by atoms with Gasteiger partial charge in [0.25, 0.3) is 0 Å². The predicted octanol–water partition coefficient (Wildman–Crippen LogP) is 3.66. The number of benzene rings is 1. The minimum Gasteiger partial charge on any atom is -0.497 e. The van der Waals surface area contributed by atoms with Crippen molar-refractivity contribution in [2.45, 2.75) is 19.9 Å². The Bertz CT molecular complexity index is 1100. The molecule has 0 unspecified atom stereocenters. The monoisotopic (exact) mass is 434 g/mol. The van der Waals surface area contributed by atoms with Crippen LogP contribution in [0, 0.1) is 3.95 Å². The Morgan fingerprint density at radius 2 is 2.14 bits per heavy atom. The van der Waals surface area contributed by atoms with Crippen LogP contribution >= 0.6 is 23.6 Å². The zero-order valence-corrected chi connectivity index (χ0v) is 17.3. The van der Waals surface area contributed by atoms with Gasteiger partial charge in [0.2, 0.25) is 5.88 Å². The Morgan fingerprint density at radius 3 is 2.79 bits per heavy atom.